The second kappa shape index (κ2) is 5.21. The molecule has 1 rings (SSSR count). The molecule has 0 unspecified atom stereocenters. The van der Waals surface area contributed by atoms with E-state index in [0.29, 0.717) is 17.7 Å². The number of methoxy groups -OCH3 is 2. The second-order valence-electron chi connectivity index (χ2n) is 3.16. The van der Waals surface area contributed by atoms with Crippen molar-refractivity contribution in [1.82, 2.24) is 0 Å². The quantitative estimate of drug-likeness (QED) is 0.624. The standard InChI is InChI=1S/C12H14O4/c1-4-5-9-10(13)6-8(12(14)16-3)7-11(9)15-2/h4,6-7,13H,1,5H2,2-3H3. The molecule has 1 N–H and O–H groups in total. The van der Waals surface area contributed by atoms with Gasteiger partial charge in [0.1, 0.15) is 11.5 Å². The zero-order valence-corrected chi connectivity index (χ0v) is 9.32. The first kappa shape index (κ1) is 12.1. The van der Waals surface area contributed by atoms with Crippen LogP contribution in [-0.2, 0) is 11.2 Å². The molecule has 0 bridgehead atoms. The van der Waals surface area contributed by atoms with Gasteiger partial charge in [0.25, 0.3) is 0 Å². The van der Waals surface area contributed by atoms with Crippen molar-refractivity contribution in [3.8, 4) is 11.5 Å². The predicted octanol–water partition coefficient (Wildman–Crippen LogP) is 1.92. The lowest BCUT2D eigenvalue weighted by Crippen LogP contribution is -2.03. The van der Waals surface area contributed by atoms with Crippen molar-refractivity contribution in [2.75, 3.05) is 14.2 Å². The van der Waals surface area contributed by atoms with E-state index in [4.69, 9.17) is 4.74 Å². The third-order valence-electron chi connectivity index (χ3n) is 2.17. The van der Waals surface area contributed by atoms with Gasteiger partial charge < -0.3 is 14.6 Å². The fourth-order valence-corrected chi connectivity index (χ4v) is 1.40. The van der Waals surface area contributed by atoms with E-state index < -0.39 is 5.97 Å². The van der Waals surface area contributed by atoms with Crippen molar-refractivity contribution >= 4 is 5.97 Å². The SMILES string of the molecule is C=CCc1c(O)cc(C(=O)OC)cc1OC. The second-order valence-corrected chi connectivity index (χ2v) is 3.16. The summed E-state index contributed by atoms with van der Waals surface area (Å²) >= 11 is 0. The molecule has 0 spiro atoms. The Bertz CT molecular complexity index is 410. The number of benzene rings is 1. The van der Waals surface area contributed by atoms with Crippen LogP contribution in [-0.4, -0.2) is 25.3 Å². The van der Waals surface area contributed by atoms with Crippen LogP contribution >= 0.6 is 0 Å². The van der Waals surface area contributed by atoms with Crippen LogP contribution in [0.2, 0.25) is 0 Å². The van der Waals surface area contributed by atoms with Gasteiger partial charge in [0.15, 0.2) is 0 Å². The van der Waals surface area contributed by atoms with E-state index in [1.54, 1.807) is 6.08 Å². The molecule has 0 saturated heterocycles. The Labute approximate surface area is 94.1 Å². The summed E-state index contributed by atoms with van der Waals surface area (Å²) in [6.07, 6.45) is 2.12. The minimum atomic E-state index is -0.515. The van der Waals surface area contributed by atoms with Crippen molar-refractivity contribution in [3.63, 3.8) is 0 Å². The molecule has 1 aromatic carbocycles. The fraction of sp³-hybridized carbons (Fsp3) is 0.250. The Kier molecular flexibility index (Phi) is 3.94. The summed E-state index contributed by atoms with van der Waals surface area (Å²) in [4.78, 5) is 11.3. The summed E-state index contributed by atoms with van der Waals surface area (Å²) in [7, 11) is 2.76. The van der Waals surface area contributed by atoms with Crippen LogP contribution < -0.4 is 4.74 Å². The zero-order valence-electron chi connectivity index (χ0n) is 9.32. The molecule has 0 fully saturated rings. The van der Waals surface area contributed by atoms with Crippen LogP contribution in [0.15, 0.2) is 24.8 Å². The summed E-state index contributed by atoms with van der Waals surface area (Å²) in [6, 6.07) is 2.89. The highest BCUT2D eigenvalue weighted by molar-refractivity contribution is 5.90. The summed E-state index contributed by atoms with van der Waals surface area (Å²) in [5.41, 5.74) is 0.856. The molecule has 0 radical (unpaired) electrons. The summed E-state index contributed by atoms with van der Waals surface area (Å²) < 4.78 is 9.66. The number of allylic oxidation sites excluding steroid dienone is 1. The average molecular weight is 222 g/mol. The minimum absolute atomic E-state index is 0.000324. The van der Waals surface area contributed by atoms with Gasteiger partial charge in [-0.15, -0.1) is 6.58 Å². The molecule has 0 aliphatic rings. The maximum atomic E-state index is 11.3. The smallest absolute Gasteiger partial charge is 0.338 e. The third-order valence-corrected chi connectivity index (χ3v) is 2.17. The number of carbonyl (C=O) groups is 1. The number of carbonyl (C=O) groups excluding carboxylic acids is 1. The number of hydrogen-bond donors (Lipinski definition) is 1. The Morgan fingerprint density at radius 3 is 2.69 bits per heavy atom. The molecule has 4 heteroatoms. The Morgan fingerprint density at radius 2 is 2.19 bits per heavy atom. The highest BCUT2D eigenvalue weighted by Gasteiger charge is 2.14. The molecule has 16 heavy (non-hydrogen) atoms. The highest BCUT2D eigenvalue weighted by atomic mass is 16.5. The molecule has 0 aliphatic heterocycles. The maximum absolute atomic E-state index is 11.3. The molecule has 0 saturated carbocycles. The van der Waals surface area contributed by atoms with Crippen LogP contribution in [0.5, 0.6) is 11.5 Å². The average Bonchev–Trinajstić information content (AvgIpc) is 2.30. The van der Waals surface area contributed by atoms with Gasteiger partial charge in [-0.05, 0) is 18.6 Å². The first-order chi connectivity index (χ1) is 7.63. The van der Waals surface area contributed by atoms with Crippen molar-refractivity contribution in [3.05, 3.63) is 35.9 Å². The number of ether oxygens (including phenoxy) is 2. The fourth-order valence-electron chi connectivity index (χ4n) is 1.40. The highest BCUT2D eigenvalue weighted by Crippen LogP contribution is 2.30. The first-order valence-electron chi connectivity index (χ1n) is 4.73. The van der Waals surface area contributed by atoms with E-state index in [-0.39, 0.29) is 11.3 Å². The van der Waals surface area contributed by atoms with Crippen molar-refractivity contribution in [2.45, 2.75) is 6.42 Å². The lowest BCUT2D eigenvalue weighted by atomic mass is 10.1. The molecule has 0 amide bonds. The molecular weight excluding hydrogens is 208 g/mol. The number of rotatable bonds is 4. The number of esters is 1. The lowest BCUT2D eigenvalue weighted by molar-refractivity contribution is 0.0600. The lowest BCUT2D eigenvalue weighted by Gasteiger charge is -2.10. The van der Waals surface area contributed by atoms with Gasteiger partial charge in [-0.1, -0.05) is 6.08 Å². The number of phenolic OH excluding ortho intramolecular Hbond substituents is 1. The predicted molar refractivity (Wildman–Crippen MR) is 59.9 cm³/mol. The number of phenols is 1. The number of hydrogen-bond acceptors (Lipinski definition) is 4. The van der Waals surface area contributed by atoms with Gasteiger partial charge in [0.05, 0.1) is 19.8 Å². The molecule has 0 aromatic heterocycles. The molecule has 1 aromatic rings. The van der Waals surface area contributed by atoms with Gasteiger partial charge in [-0.2, -0.15) is 0 Å². The van der Waals surface area contributed by atoms with Crippen LogP contribution in [0.3, 0.4) is 0 Å². The van der Waals surface area contributed by atoms with E-state index in [1.165, 1.54) is 26.4 Å². The van der Waals surface area contributed by atoms with Crippen molar-refractivity contribution < 1.29 is 19.4 Å². The van der Waals surface area contributed by atoms with Crippen molar-refractivity contribution in [2.24, 2.45) is 0 Å². The molecular formula is C12H14O4. The molecule has 4 nitrogen and oxygen atoms in total. The van der Waals surface area contributed by atoms with Gasteiger partial charge in [-0.25, -0.2) is 4.79 Å². The van der Waals surface area contributed by atoms with Gasteiger partial charge in [0.2, 0.25) is 0 Å². The summed E-state index contributed by atoms with van der Waals surface area (Å²) in [6.45, 7) is 3.59. The third kappa shape index (κ3) is 2.34. The van der Waals surface area contributed by atoms with Crippen LogP contribution in [0.4, 0.5) is 0 Å². The minimum Gasteiger partial charge on any atom is -0.507 e. The van der Waals surface area contributed by atoms with Crippen LogP contribution in [0.1, 0.15) is 15.9 Å². The largest absolute Gasteiger partial charge is 0.507 e. The van der Waals surface area contributed by atoms with Crippen molar-refractivity contribution in [1.29, 1.82) is 0 Å². The maximum Gasteiger partial charge on any atom is 0.338 e. The molecule has 0 atom stereocenters. The Hall–Kier alpha value is -1.97. The van der Waals surface area contributed by atoms with E-state index >= 15 is 0 Å². The Balaban J connectivity index is 3.25. The number of aromatic hydroxyl groups is 1. The summed E-state index contributed by atoms with van der Waals surface area (Å²) in [5.74, 6) is -0.0706. The van der Waals surface area contributed by atoms with Crippen LogP contribution in [0.25, 0.3) is 0 Å². The molecule has 0 heterocycles. The van der Waals surface area contributed by atoms with E-state index in [1.807, 2.05) is 0 Å². The van der Waals surface area contributed by atoms with Gasteiger partial charge in [0, 0.05) is 5.56 Å². The zero-order chi connectivity index (χ0) is 12.1. The molecule has 86 valence electrons. The van der Waals surface area contributed by atoms with E-state index in [2.05, 4.69) is 11.3 Å². The molecule has 0 aliphatic carbocycles. The summed E-state index contributed by atoms with van der Waals surface area (Å²) in [5, 5.41) is 9.74. The van der Waals surface area contributed by atoms with Gasteiger partial charge >= 0.3 is 5.97 Å². The Morgan fingerprint density at radius 1 is 1.50 bits per heavy atom. The topological polar surface area (TPSA) is 55.8 Å². The first-order valence-corrected chi connectivity index (χ1v) is 4.73. The van der Waals surface area contributed by atoms with Crippen LogP contribution in [0, 0.1) is 0 Å². The monoisotopic (exact) mass is 222 g/mol. The van der Waals surface area contributed by atoms with E-state index in [9.17, 15) is 9.90 Å². The normalized spacial score (nSPS) is 9.62. The van der Waals surface area contributed by atoms with E-state index in [0.717, 1.165) is 0 Å². The van der Waals surface area contributed by atoms with Gasteiger partial charge in [-0.3, -0.25) is 0 Å².